The molecule has 0 saturated heterocycles. The number of hydrogen-bond acceptors (Lipinski definition) is 4. The van der Waals surface area contributed by atoms with E-state index in [-0.39, 0.29) is 0 Å². The van der Waals surface area contributed by atoms with Gasteiger partial charge in [-0.15, -0.1) is 0 Å². The lowest BCUT2D eigenvalue weighted by atomic mass is 10.0. The number of rotatable bonds is 1. The van der Waals surface area contributed by atoms with E-state index >= 15 is 0 Å². The van der Waals surface area contributed by atoms with Gasteiger partial charge < -0.3 is 0 Å². The third-order valence-corrected chi connectivity index (χ3v) is 3.21. The normalized spacial score (nSPS) is 11.0. The van der Waals surface area contributed by atoms with Gasteiger partial charge in [0.05, 0.1) is 22.7 Å². The second-order valence-electron chi connectivity index (χ2n) is 4.42. The maximum atomic E-state index is 4.43. The van der Waals surface area contributed by atoms with Crippen molar-refractivity contribution in [1.82, 2.24) is 19.9 Å². The zero-order valence-electron chi connectivity index (χ0n) is 10.5. The van der Waals surface area contributed by atoms with Gasteiger partial charge in [0.2, 0.25) is 0 Å². The quantitative estimate of drug-likeness (QED) is 0.526. The highest BCUT2D eigenvalue weighted by atomic mass is 14.7. The third-order valence-electron chi connectivity index (χ3n) is 3.21. The molecule has 0 aliphatic rings. The monoisotopic (exact) mass is 257 g/mol. The molecule has 0 aliphatic heterocycles. The SMILES string of the molecule is [c]1c(-c2ccnc3cnccc23)cnc2cccnc12. The van der Waals surface area contributed by atoms with E-state index in [2.05, 4.69) is 26.0 Å². The van der Waals surface area contributed by atoms with Gasteiger partial charge in [-0.3, -0.25) is 19.9 Å². The molecule has 4 heteroatoms. The minimum Gasteiger partial charge on any atom is -0.262 e. The van der Waals surface area contributed by atoms with E-state index in [1.807, 2.05) is 30.5 Å². The van der Waals surface area contributed by atoms with E-state index in [0.29, 0.717) is 0 Å². The fraction of sp³-hybridized carbons (Fsp3) is 0. The summed E-state index contributed by atoms with van der Waals surface area (Å²) in [7, 11) is 0. The standard InChI is InChI=1S/C16H9N4/c1-2-14-15(18-5-1)8-11(9-20-14)12-4-7-19-16-10-17-6-3-13(12)16/h1-7,9-10H. The average molecular weight is 257 g/mol. The van der Waals surface area contributed by atoms with Crippen LogP contribution in [0.5, 0.6) is 0 Å². The first kappa shape index (κ1) is 11.0. The van der Waals surface area contributed by atoms with Crippen LogP contribution in [0.3, 0.4) is 0 Å². The molecule has 4 nitrogen and oxygen atoms in total. The Labute approximate surface area is 115 Å². The second-order valence-corrected chi connectivity index (χ2v) is 4.42. The molecule has 4 aromatic heterocycles. The van der Waals surface area contributed by atoms with E-state index in [0.717, 1.165) is 33.1 Å². The minimum atomic E-state index is 0.768. The Morgan fingerprint density at radius 3 is 2.80 bits per heavy atom. The lowest BCUT2D eigenvalue weighted by Gasteiger charge is -2.05. The maximum Gasteiger partial charge on any atom is 0.0972 e. The van der Waals surface area contributed by atoms with Gasteiger partial charge in [-0.05, 0) is 29.8 Å². The summed E-state index contributed by atoms with van der Waals surface area (Å²) in [5, 5.41) is 1.04. The van der Waals surface area contributed by atoms with Gasteiger partial charge in [0.1, 0.15) is 0 Å². The van der Waals surface area contributed by atoms with Crippen LogP contribution < -0.4 is 0 Å². The molecule has 0 saturated carbocycles. The fourth-order valence-electron chi connectivity index (χ4n) is 2.26. The Hall–Kier alpha value is -2.88. The number of nitrogens with zero attached hydrogens (tertiary/aromatic N) is 4. The molecule has 4 rings (SSSR count). The van der Waals surface area contributed by atoms with Gasteiger partial charge in [-0.25, -0.2) is 0 Å². The third kappa shape index (κ3) is 1.70. The number of fused-ring (bicyclic) bond motifs is 2. The highest BCUT2D eigenvalue weighted by Crippen LogP contribution is 2.27. The van der Waals surface area contributed by atoms with Gasteiger partial charge in [0.15, 0.2) is 0 Å². The van der Waals surface area contributed by atoms with Crippen molar-refractivity contribution in [2.24, 2.45) is 0 Å². The van der Waals surface area contributed by atoms with Crippen molar-refractivity contribution >= 4 is 21.9 Å². The maximum absolute atomic E-state index is 4.43. The smallest absolute Gasteiger partial charge is 0.0972 e. The van der Waals surface area contributed by atoms with Crippen molar-refractivity contribution in [3.8, 4) is 11.1 Å². The molecule has 0 spiro atoms. The van der Waals surface area contributed by atoms with Crippen LogP contribution in [-0.4, -0.2) is 19.9 Å². The summed E-state index contributed by atoms with van der Waals surface area (Å²) >= 11 is 0. The average Bonchev–Trinajstić information content (AvgIpc) is 2.54. The molecule has 0 aromatic carbocycles. The molecule has 93 valence electrons. The van der Waals surface area contributed by atoms with Crippen molar-refractivity contribution < 1.29 is 0 Å². The molecule has 0 N–H and O–H groups in total. The molecule has 1 radical (unpaired) electrons. The van der Waals surface area contributed by atoms with Crippen LogP contribution in [-0.2, 0) is 0 Å². The van der Waals surface area contributed by atoms with Crippen molar-refractivity contribution in [3.63, 3.8) is 0 Å². The number of pyridine rings is 4. The summed E-state index contributed by atoms with van der Waals surface area (Å²) in [4.78, 5) is 17.2. The van der Waals surface area contributed by atoms with Gasteiger partial charge in [0, 0.05) is 41.8 Å². The molecule has 0 bridgehead atoms. The van der Waals surface area contributed by atoms with Gasteiger partial charge in [-0.2, -0.15) is 0 Å². The summed E-state index contributed by atoms with van der Waals surface area (Å²) in [5.41, 5.74) is 4.42. The van der Waals surface area contributed by atoms with Crippen molar-refractivity contribution in [1.29, 1.82) is 0 Å². The van der Waals surface area contributed by atoms with Gasteiger partial charge >= 0.3 is 0 Å². The largest absolute Gasteiger partial charge is 0.262 e. The zero-order valence-corrected chi connectivity index (χ0v) is 10.5. The predicted molar refractivity (Wildman–Crippen MR) is 76.9 cm³/mol. The first-order valence-electron chi connectivity index (χ1n) is 6.24. The Morgan fingerprint density at radius 2 is 1.80 bits per heavy atom. The Bertz CT molecular complexity index is 913. The minimum absolute atomic E-state index is 0.768. The molecular formula is C16H9N4. The van der Waals surface area contributed by atoms with E-state index in [1.54, 1.807) is 24.8 Å². The topological polar surface area (TPSA) is 51.6 Å². The van der Waals surface area contributed by atoms with Crippen molar-refractivity contribution in [3.05, 3.63) is 61.3 Å². The molecule has 4 heterocycles. The lowest BCUT2D eigenvalue weighted by molar-refractivity contribution is 1.30. The van der Waals surface area contributed by atoms with E-state index < -0.39 is 0 Å². The first-order chi connectivity index (χ1) is 9.92. The van der Waals surface area contributed by atoms with Crippen LogP contribution in [0.4, 0.5) is 0 Å². The highest BCUT2D eigenvalue weighted by molar-refractivity contribution is 5.94. The molecule has 0 atom stereocenters. The van der Waals surface area contributed by atoms with Crippen LogP contribution in [0.15, 0.2) is 55.2 Å². The van der Waals surface area contributed by atoms with Crippen molar-refractivity contribution in [2.75, 3.05) is 0 Å². The summed E-state index contributed by atoms with van der Waals surface area (Å²) in [6.07, 6.45) is 8.86. The second kappa shape index (κ2) is 4.35. The number of aromatic nitrogens is 4. The summed E-state index contributed by atoms with van der Waals surface area (Å²) in [6, 6.07) is 11.0. The zero-order chi connectivity index (χ0) is 13.4. The Morgan fingerprint density at radius 1 is 0.800 bits per heavy atom. The van der Waals surface area contributed by atoms with Crippen LogP contribution in [0, 0.1) is 6.07 Å². The fourth-order valence-corrected chi connectivity index (χ4v) is 2.26. The molecule has 0 amide bonds. The van der Waals surface area contributed by atoms with E-state index in [4.69, 9.17) is 0 Å². The van der Waals surface area contributed by atoms with E-state index in [1.165, 1.54) is 0 Å². The highest BCUT2D eigenvalue weighted by Gasteiger charge is 2.06. The Balaban J connectivity index is 2.01. The summed E-state index contributed by atoms with van der Waals surface area (Å²) in [6.45, 7) is 0. The Kier molecular flexibility index (Phi) is 2.39. The molecule has 20 heavy (non-hydrogen) atoms. The van der Waals surface area contributed by atoms with Gasteiger partial charge in [0.25, 0.3) is 0 Å². The summed E-state index contributed by atoms with van der Waals surface area (Å²) < 4.78 is 0. The number of hydrogen-bond donors (Lipinski definition) is 0. The van der Waals surface area contributed by atoms with Crippen LogP contribution in [0.25, 0.3) is 33.1 Å². The van der Waals surface area contributed by atoms with Crippen LogP contribution in [0.2, 0.25) is 0 Å². The van der Waals surface area contributed by atoms with Crippen LogP contribution in [0.1, 0.15) is 0 Å². The van der Waals surface area contributed by atoms with Crippen molar-refractivity contribution in [2.45, 2.75) is 0 Å². The molecule has 0 unspecified atom stereocenters. The predicted octanol–water partition coefficient (Wildman–Crippen LogP) is 3.04. The van der Waals surface area contributed by atoms with Gasteiger partial charge in [-0.1, -0.05) is 0 Å². The molecule has 4 aromatic rings. The molecular weight excluding hydrogens is 248 g/mol. The first-order valence-corrected chi connectivity index (χ1v) is 6.24. The van der Waals surface area contributed by atoms with E-state index in [9.17, 15) is 0 Å². The summed E-state index contributed by atoms with van der Waals surface area (Å²) in [5.74, 6) is 0. The van der Waals surface area contributed by atoms with Crippen LogP contribution >= 0.6 is 0 Å². The molecule has 0 aliphatic carbocycles. The molecule has 0 fully saturated rings. The lowest BCUT2D eigenvalue weighted by Crippen LogP contribution is -1.88.